The fraction of sp³-hybridized carbons (Fsp3) is 0. The zero-order valence-electron chi connectivity index (χ0n) is 11.1. The van der Waals surface area contributed by atoms with Gasteiger partial charge in [-0.2, -0.15) is 0 Å². The van der Waals surface area contributed by atoms with Crippen LogP contribution in [0.25, 0.3) is 6.08 Å². The molecule has 2 aromatic rings. The van der Waals surface area contributed by atoms with Gasteiger partial charge in [-0.1, -0.05) is 24.3 Å². The number of nitrogens with zero attached hydrogens (tertiary/aromatic N) is 1. The topological polar surface area (TPSA) is 77.3 Å². The third-order valence-electron chi connectivity index (χ3n) is 3.41. The van der Waals surface area contributed by atoms with E-state index in [1.807, 2.05) is 0 Å². The average molecular weight is 297 g/mol. The van der Waals surface area contributed by atoms with Gasteiger partial charge in [0.2, 0.25) is 5.78 Å². The highest BCUT2D eigenvalue weighted by Gasteiger charge is 2.38. The van der Waals surface area contributed by atoms with E-state index in [1.165, 1.54) is 30.3 Å². The Morgan fingerprint density at radius 2 is 1.73 bits per heavy atom. The molecule has 0 heterocycles. The Balaban J connectivity index is 2.18. The number of allylic oxidation sites excluding steroid dienone is 1. The van der Waals surface area contributed by atoms with E-state index in [0.29, 0.717) is 0 Å². The quantitative estimate of drug-likeness (QED) is 0.369. The largest absolute Gasteiger partial charge is 0.288 e. The first kappa shape index (κ1) is 13.8. The predicted octanol–water partition coefficient (Wildman–Crippen LogP) is 3.20. The van der Waals surface area contributed by atoms with Gasteiger partial charge in [0, 0.05) is 17.2 Å². The summed E-state index contributed by atoms with van der Waals surface area (Å²) in [4.78, 5) is 34.9. The summed E-state index contributed by atoms with van der Waals surface area (Å²) in [5.74, 6) is -1.97. The first-order valence-corrected chi connectivity index (χ1v) is 6.33. The van der Waals surface area contributed by atoms with Crippen LogP contribution in [0.15, 0.2) is 48.0 Å². The summed E-state index contributed by atoms with van der Waals surface area (Å²) in [7, 11) is 0. The van der Waals surface area contributed by atoms with Gasteiger partial charge in [0.1, 0.15) is 11.4 Å². The van der Waals surface area contributed by atoms with Crippen LogP contribution in [0, 0.1) is 15.9 Å². The van der Waals surface area contributed by atoms with Gasteiger partial charge in [0.05, 0.1) is 10.5 Å². The van der Waals surface area contributed by atoms with Crippen molar-refractivity contribution in [3.63, 3.8) is 0 Å². The van der Waals surface area contributed by atoms with E-state index in [9.17, 15) is 24.1 Å². The first-order valence-electron chi connectivity index (χ1n) is 6.33. The molecule has 0 saturated carbocycles. The van der Waals surface area contributed by atoms with E-state index in [0.717, 1.165) is 12.1 Å². The van der Waals surface area contributed by atoms with Crippen LogP contribution in [0.4, 0.5) is 10.1 Å². The molecular formula is C16H8FNO4. The number of hydrogen-bond donors (Lipinski definition) is 0. The minimum absolute atomic E-state index is 0.0261. The molecule has 0 unspecified atom stereocenters. The predicted molar refractivity (Wildman–Crippen MR) is 76.1 cm³/mol. The lowest BCUT2D eigenvalue weighted by Crippen LogP contribution is -2.02. The van der Waals surface area contributed by atoms with Crippen molar-refractivity contribution in [3.05, 3.63) is 80.7 Å². The lowest BCUT2D eigenvalue weighted by atomic mass is 10.1. The van der Waals surface area contributed by atoms with Crippen molar-refractivity contribution in [2.45, 2.75) is 0 Å². The summed E-state index contributed by atoms with van der Waals surface area (Å²) in [6.07, 6.45) is 1.13. The highest BCUT2D eigenvalue weighted by atomic mass is 19.1. The van der Waals surface area contributed by atoms with Gasteiger partial charge < -0.3 is 0 Å². The SMILES string of the molecule is O=C1C(=Cc2ccccc2F)C(=O)c2c1cccc2[N+](=O)[O-]. The molecule has 6 heteroatoms. The molecule has 2 aromatic carbocycles. The average Bonchev–Trinajstić information content (AvgIpc) is 2.74. The first-order chi connectivity index (χ1) is 10.5. The molecule has 0 aliphatic heterocycles. The molecule has 0 amide bonds. The van der Waals surface area contributed by atoms with Crippen molar-refractivity contribution in [1.82, 2.24) is 0 Å². The maximum absolute atomic E-state index is 13.7. The second-order valence-corrected chi connectivity index (χ2v) is 4.69. The number of nitro benzene ring substituents is 1. The molecule has 0 N–H and O–H groups in total. The van der Waals surface area contributed by atoms with E-state index in [-0.39, 0.29) is 22.3 Å². The number of ketones is 2. The molecule has 0 radical (unpaired) electrons. The van der Waals surface area contributed by atoms with Crippen LogP contribution < -0.4 is 0 Å². The van der Waals surface area contributed by atoms with Crippen molar-refractivity contribution in [1.29, 1.82) is 0 Å². The molecule has 22 heavy (non-hydrogen) atoms. The van der Waals surface area contributed by atoms with Crippen LogP contribution in [0.2, 0.25) is 0 Å². The Morgan fingerprint density at radius 3 is 2.41 bits per heavy atom. The fourth-order valence-electron chi connectivity index (χ4n) is 2.38. The van der Waals surface area contributed by atoms with Crippen LogP contribution >= 0.6 is 0 Å². The normalized spacial score (nSPS) is 15.2. The smallest absolute Gasteiger partial charge is 0.281 e. The van der Waals surface area contributed by atoms with E-state index < -0.39 is 28.0 Å². The Morgan fingerprint density at radius 1 is 1.00 bits per heavy atom. The standard InChI is InChI=1S/C16H8FNO4/c17-12-6-2-1-4-9(12)8-11-15(19)10-5-3-7-13(18(21)22)14(10)16(11)20/h1-8H. The second-order valence-electron chi connectivity index (χ2n) is 4.69. The van der Waals surface area contributed by atoms with Crippen LogP contribution in [-0.4, -0.2) is 16.5 Å². The Labute approximate surface area is 123 Å². The molecule has 108 valence electrons. The minimum Gasteiger partial charge on any atom is -0.288 e. The fourth-order valence-corrected chi connectivity index (χ4v) is 2.38. The number of nitro groups is 1. The maximum atomic E-state index is 13.7. The summed E-state index contributed by atoms with van der Waals surface area (Å²) in [6, 6.07) is 9.52. The van der Waals surface area contributed by atoms with Crippen molar-refractivity contribution >= 4 is 23.3 Å². The van der Waals surface area contributed by atoms with Gasteiger partial charge in [-0.25, -0.2) is 4.39 Å². The van der Waals surface area contributed by atoms with Gasteiger partial charge >= 0.3 is 0 Å². The van der Waals surface area contributed by atoms with Gasteiger partial charge in [-0.3, -0.25) is 19.7 Å². The molecule has 0 saturated heterocycles. The lowest BCUT2D eigenvalue weighted by Gasteiger charge is -1.97. The maximum Gasteiger partial charge on any atom is 0.281 e. The number of halogens is 1. The van der Waals surface area contributed by atoms with Crippen LogP contribution in [0.5, 0.6) is 0 Å². The number of benzene rings is 2. The van der Waals surface area contributed by atoms with Gasteiger partial charge in [0.25, 0.3) is 5.69 Å². The van der Waals surface area contributed by atoms with Crippen LogP contribution in [0.1, 0.15) is 26.3 Å². The van der Waals surface area contributed by atoms with Crippen LogP contribution in [0.3, 0.4) is 0 Å². The van der Waals surface area contributed by atoms with Gasteiger partial charge in [-0.05, 0) is 18.2 Å². The monoisotopic (exact) mass is 297 g/mol. The van der Waals surface area contributed by atoms with E-state index in [4.69, 9.17) is 0 Å². The van der Waals surface area contributed by atoms with E-state index in [1.54, 1.807) is 6.07 Å². The van der Waals surface area contributed by atoms with Crippen molar-refractivity contribution in [3.8, 4) is 0 Å². The Bertz CT molecular complexity index is 870. The molecule has 1 aliphatic rings. The minimum atomic E-state index is -0.754. The molecule has 0 fully saturated rings. The zero-order valence-corrected chi connectivity index (χ0v) is 11.1. The highest BCUT2D eigenvalue weighted by molar-refractivity contribution is 6.42. The summed E-state index contributed by atoms with van der Waals surface area (Å²) in [5, 5.41) is 11.0. The molecule has 0 aromatic heterocycles. The summed E-state index contributed by atoms with van der Waals surface area (Å²) >= 11 is 0. The third kappa shape index (κ3) is 2.01. The number of hydrogen-bond acceptors (Lipinski definition) is 4. The zero-order chi connectivity index (χ0) is 15.9. The van der Waals surface area contributed by atoms with Crippen molar-refractivity contribution in [2.24, 2.45) is 0 Å². The van der Waals surface area contributed by atoms with Crippen molar-refractivity contribution < 1.29 is 18.9 Å². The Hall–Kier alpha value is -3.15. The molecule has 5 nitrogen and oxygen atoms in total. The molecule has 1 aliphatic carbocycles. The highest BCUT2D eigenvalue weighted by Crippen LogP contribution is 2.34. The molecule has 0 bridgehead atoms. The lowest BCUT2D eigenvalue weighted by molar-refractivity contribution is -0.385. The van der Waals surface area contributed by atoms with Gasteiger partial charge in [0.15, 0.2) is 5.78 Å². The molecule has 3 rings (SSSR count). The van der Waals surface area contributed by atoms with E-state index in [2.05, 4.69) is 0 Å². The van der Waals surface area contributed by atoms with Crippen LogP contribution in [-0.2, 0) is 0 Å². The van der Waals surface area contributed by atoms with E-state index >= 15 is 0 Å². The molecular weight excluding hydrogens is 289 g/mol. The second kappa shape index (κ2) is 5.00. The number of rotatable bonds is 2. The number of carbonyl (C=O) groups is 2. The van der Waals surface area contributed by atoms with Crippen molar-refractivity contribution in [2.75, 3.05) is 0 Å². The number of carbonyl (C=O) groups excluding carboxylic acids is 2. The summed E-state index contributed by atoms with van der Waals surface area (Å²) < 4.78 is 13.7. The number of fused-ring (bicyclic) bond motifs is 1. The molecule has 0 atom stereocenters. The summed E-state index contributed by atoms with van der Waals surface area (Å²) in [6.45, 7) is 0. The van der Waals surface area contributed by atoms with Gasteiger partial charge in [-0.15, -0.1) is 0 Å². The number of Topliss-reactive ketones (excluding diaryl/α,β-unsaturated/α-hetero) is 2. The Kier molecular flexibility index (Phi) is 3.14. The summed E-state index contributed by atoms with van der Waals surface area (Å²) in [5.41, 5.74) is -0.876. The molecule has 0 spiro atoms. The third-order valence-corrected chi connectivity index (χ3v) is 3.41.